The van der Waals surface area contributed by atoms with E-state index in [2.05, 4.69) is 59.9 Å². The van der Waals surface area contributed by atoms with Crippen molar-refractivity contribution in [2.24, 2.45) is 5.92 Å². The number of anilines is 1. The van der Waals surface area contributed by atoms with Crippen LogP contribution in [0.15, 0.2) is 12.1 Å². The molecular formula is C30H46N6OS. The summed E-state index contributed by atoms with van der Waals surface area (Å²) in [6.45, 7) is 16.1. The third-order valence-electron chi connectivity index (χ3n) is 7.82. The maximum absolute atomic E-state index is 5.32. The van der Waals surface area contributed by atoms with Crippen LogP contribution in [0.4, 0.5) is 5.82 Å². The lowest BCUT2D eigenvalue weighted by atomic mass is 9.96. The Kier molecular flexibility index (Phi) is 8.72. The zero-order valence-corrected chi connectivity index (χ0v) is 24.8. The van der Waals surface area contributed by atoms with E-state index >= 15 is 0 Å². The molecule has 0 saturated carbocycles. The SMILES string of the molecule is CCCCc1nc2c(NC(C)(C)C)nc3cc(C4=CCNCC4)sc3c2n1CC1CCN(CCOC)CC1. The third kappa shape index (κ3) is 6.24. The Morgan fingerprint density at radius 1 is 1.21 bits per heavy atom. The number of nitrogens with zero attached hydrogens (tertiary/aromatic N) is 4. The van der Waals surface area contributed by atoms with Gasteiger partial charge in [-0.25, -0.2) is 9.97 Å². The molecule has 7 nitrogen and oxygen atoms in total. The molecule has 208 valence electrons. The van der Waals surface area contributed by atoms with Crippen molar-refractivity contribution >= 4 is 44.0 Å². The molecule has 5 rings (SSSR count). The van der Waals surface area contributed by atoms with Gasteiger partial charge >= 0.3 is 0 Å². The molecule has 1 saturated heterocycles. The molecule has 8 heteroatoms. The van der Waals surface area contributed by atoms with E-state index < -0.39 is 0 Å². The quantitative estimate of drug-likeness (QED) is 0.333. The van der Waals surface area contributed by atoms with Gasteiger partial charge in [-0.2, -0.15) is 0 Å². The highest BCUT2D eigenvalue weighted by Crippen LogP contribution is 2.40. The molecule has 38 heavy (non-hydrogen) atoms. The first kappa shape index (κ1) is 27.6. The summed E-state index contributed by atoms with van der Waals surface area (Å²) < 4.78 is 9.20. The smallest absolute Gasteiger partial charge is 0.155 e. The summed E-state index contributed by atoms with van der Waals surface area (Å²) in [5, 5.41) is 7.16. The van der Waals surface area contributed by atoms with Crippen LogP contribution in [0.1, 0.15) is 70.5 Å². The van der Waals surface area contributed by atoms with E-state index in [1.807, 2.05) is 11.3 Å². The van der Waals surface area contributed by atoms with Gasteiger partial charge in [0, 0.05) is 43.6 Å². The number of aromatic nitrogens is 3. The van der Waals surface area contributed by atoms with E-state index in [-0.39, 0.29) is 5.54 Å². The lowest BCUT2D eigenvalue weighted by Crippen LogP contribution is -2.37. The molecular weight excluding hydrogens is 492 g/mol. The minimum atomic E-state index is -0.0909. The Hall–Kier alpha value is -2.00. The Balaban J connectivity index is 1.58. The number of unbranched alkanes of at least 4 members (excludes halogenated alkanes) is 1. The van der Waals surface area contributed by atoms with E-state index in [1.165, 1.54) is 45.8 Å². The summed E-state index contributed by atoms with van der Waals surface area (Å²) in [5.41, 5.74) is 4.79. The normalized spacial score (nSPS) is 18.0. The minimum Gasteiger partial charge on any atom is -0.383 e. The molecule has 1 fully saturated rings. The average molecular weight is 539 g/mol. The van der Waals surface area contributed by atoms with Crippen LogP contribution in [0.25, 0.3) is 26.8 Å². The molecule has 0 spiro atoms. The highest BCUT2D eigenvalue weighted by Gasteiger charge is 2.26. The van der Waals surface area contributed by atoms with Gasteiger partial charge in [-0.05, 0) is 83.6 Å². The first-order valence-electron chi connectivity index (χ1n) is 14.6. The summed E-state index contributed by atoms with van der Waals surface area (Å²) in [7, 11) is 1.80. The molecule has 2 aliphatic rings. The van der Waals surface area contributed by atoms with Gasteiger partial charge in [0.15, 0.2) is 5.82 Å². The third-order valence-corrected chi connectivity index (χ3v) is 9.02. The second-order valence-corrected chi connectivity index (χ2v) is 13.1. The van der Waals surface area contributed by atoms with Crippen LogP contribution in [0, 0.1) is 5.92 Å². The number of hydrogen-bond donors (Lipinski definition) is 2. The average Bonchev–Trinajstić information content (AvgIpc) is 3.48. The van der Waals surface area contributed by atoms with Crippen LogP contribution in [-0.4, -0.2) is 71.4 Å². The van der Waals surface area contributed by atoms with Crippen molar-refractivity contribution < 1.29 is 4.74 Å². The molecule has 0 aliphatic carbocycles. The standard InChI is InChI=1S/C30H46N6OS/c1-6-7-8-25-33-26-27(36(25)20-21-11-15-35(16-12-21)17-18-37-5)28-23(32-29(26)34-30(2,3)4)19-24(38-28)22-9-13-31-14-10-22/h9,19,21,31H,6-8,10-18,20H2,1-5H3,(H,32,34). The summed E-state index contributed by atoms with van der Waals surface area (Å²) in [4.78, 5) is 14.4. The van der Waals surface area contributed by atoms with E-state index in [0.29, 0.717) is 5.92 Å². The molecule has 0 unspecified atom stereocenters. The van der Waals surface area contributed by atoms with E-state index in [0.717, 1.165) is 82.0 Å². The number of nitrogens with one attached hydrogen (secondary N) is 2. The van der Waals surface area contributed by atoms with Gasteiger partial charge < -0.3 is 24.8 Å². The number of methoxy groups -OCH3 is 1. The fraction of sp³-hybridized carbons (Fsp3) is 0.667. The highest BCUT2D eigenvalue weighted by atomic mass is 32.1. The topological polar surface area (TPSA) is 67.2 Å². The molecule has 3 aromatic heterocycles. The maximum Gasteiger partial charge on any atom is 0.155 e. The van der Waals surface area contributed by atoms with Crippen LogP contribution in [0.3, 0.4) is 0 Å². The number of imidazole rings is 1. The van der Waals surface area contributed by atoms with Crippen molar-refractivity contribution in [3.63, 3.8) is 0 Å². The highest BCUT2D eigenvalue weighted by molar-refractivity contribution is 7.21. The van der Waals surface area contributed by atoms with Crippen molar-refractivity contribution in [2.45, 2.75) is 78.3 Å². The second kappa shape index (κ2) is 12.0. The number of hydrogen-bond acceptors (Lipinski definition) is 7. The number of rotatable bonds is 10. The molecule has 0 amide bonds. The van der Waals surface area contributed by atoms with Crippen molar-refractivity contribution in [1.29, 1.82) is 0 Å². The number of ether oxygens (including phenoxy) is 1. The van der Waals surface area contributed by atoms with Crippen molar-refractivity contribution in [1.82, 2.24) is 24.8 Å². The van der Waals surface area contributed by atoms with Crippen LogP contribution in [0.2, 0.25) is 0 Å². The lowest BCUT2D eigenvalue weighted by Gasteiger charge is -2.32. The molecule has 0 atom stereocenters. The van der Waals surface area contributed by atoms with Crippen molar-refractivity contribution in [2.75, 3.05) is 51.8 Å². The number of pyridine rings is 1. The molecule has 0 bridgehead atoms. The van der Waals surface area contributed by atoms with Gasteiger partial charge in [0.25, 0.3) is 0 Å². The van der Waals surface area contributed by atoms with E-state index in [1.54, 1.807) is 7.11 Å². The van der Waals surface area contributed by atoms with Crippen LogP contribution in [-0.2, 0) is 17.7 Å². The summed E-state index contributed by atoms with van der Waals surface area (Å²) in [5.74, 6) is 2.82. The number of aryl methyl sites for hydroxylation is 1. The zero-order chi connectivity index (χ0) is 26.7. The number of fused-ring (bicyclic) bond motifs is 3. The fourth-order valence-electron chi connectivity index (χ4n) is 5.74. The number of thiophene rings is 1. The summed E-state index contributed by atoms with van der Waals surface area (Å²) in [6, 6.07) is 2.32. The van der Waals surface area contributed by atoms with Crippen molar-refractivity contribution in [3.05, 3.63) is 22.8 Å². The number of piperidine rings is 1. The van der Waals surface area contributed by atoms with Gasteiger partial charge in [0.1, 0.15) is 11.3 Å². The molecule has 0 radical (unpaired) electrons. The van der Waals surface area contributed by atoms with Gasteiger partial charge in [0.05, 0.1) is 22.3 Å². The predicted octanol–water partition coefficient (Wildman–Crippen LogP) is 5.93. The summed E-state index contributed by atoms with van der Waals surface area (Å²) >= 11 is 1.91. The van der Waals surface area contributed by atoms with E-state index in [4.69, 9.17) is 14.7 Å². The van der Waals surface area contributed by atoms with E-state index in [9.17, 15) is 0 Å². The van der Waals surface area contributed by atoms with Crippen LogP contribution in [0.5, 0.6) is 0 Å². The maximum atomic E-state index is 5.32. The first-order valence-corrected chi connectivity index (χ1v) is 15.4. The van der Waals surface area contributed by atoms with Gasteiger partial charge in [-0.3, -0.25) is 0 Å². The molecule has 0 aromatic carbocycles. The summed E-state index contributed by atoms with van der Waals surface area (Å²) in [6.07, 6.45) is 9.23. The van der Waals surface area contributed by atoms with Crippen LogP contribution < -0.4 is 10.6 Å². The number of likely N-dealkylation sites (tertiary alicyclic amines) is 1. The monoisotopic (exact) mass is 538 g/mol. The van der Waals surface area contributed by atoms with Crippen LogP contribution >= 0.6 is 11.3 Å². The fourth-order valence-corrected chi connectivity index (χ4v) is 6.96. The Bertz CT molecular complexity index is 1260. The Labute approximate surface area is 232 Å². The Morgan fingerprint density at radius 2 is 2.03 bits per heavy atom. The predicted molar refractivity (Wildman–Crippen MR) is 161 cm³/mol. The molecule has 2 aliphatic heterocycles. The molecule has 3 aromatic rings. The van der Waals surface area contributed by atoms with Crippen molar-refractivity contribution in [3.8, 4) is 0 Å². The lowest BCUT2D eigenvalue weighted by molar-refractivity contribution is 0.116. The largest absolute Gasteiger partial charge is 0.383 e. The van der Waals surface area contributed by atoms with Gasteiger partial charge in [-0.15, -0.1) is 11.3 Å². The minimum absolute atomic E-state index is 0.0909. The first-order chi connectivity index (χ1) is 18.4. The second-order valence-electron chi connectivity index (χ2n) is 12.1. The molecule has 5 heterocycles. The van der Waals surface area contributed by atoms with Gasteiger partial charge in [0.2, 0.25) is 0 Å². The van der Waals surface area contributed by atoms with Gasteiger partial charge in [-0.1, -0.05) is 19.4 Å². The molecule has 2 N–H and O–H groups in total. The Morgan fingerprint density at radius 3 is 2.71 bits per heavy atom. The zero-order valence-electron chi connectivity index (χ0n) is 24.0.